The predicted molar refractivity (Wildman–Crippen MR) is 74.7 cm³/mol. The summed E-state index contributed by atoms with van der Waals surface area (Å²) in [5.41, 5.74) is 0.326. The van der Waals surface area contributed by atoms with E-state index in [1.54, 1.807) is 13.0 Å². The van der Waals surface area contributed by atoms with E-state index in [-0.39, 0.29) is 22.4 Å². The van der Waals surface area contributed by atoms with Crippen LogP contribution >= 0.6 is 11.6 Å². The number of carbonyl (C=O) groups is 2. The third-order valence-corrected chi connectivity index (χ3v) is 3.42. The summed E-state index contributed by atoms with van der Waals surface area (Å²) < 4.78 is 0. The molecule has 0 saturated heterocycles. The Bertz CT molecular complexity index is 707. The molecule has 102 valence electrons. The largest absolute Gasteiger partial charge is 0.507 e. The van der Waals surface area contributed by atoms with Gasteiger partial charge in [0.15, 0.2) is 5.78 Å². The number of carbonyl (C=O) groups excluding carboxylic acids is 1. The Kier molecular flexibility index (Phi) is 3.77. The Hall–Kier alpha value is -2.33. The average molecular weight is 291 g/mol. The molecule has 0 bridgehead atoms. The maximum atomic E-state index is 12.4. The zero-order valence-corrected chi connectivity index (χ0v) is 11.3. The van der Waals surface area contributed by atoms with Crippen LogP contribution in [0.1, 0.15) is 31.8 Å². The lowest BCUT2D eigenvalue weighted by atomic mass is 9.96. The number of benzene rings is 2. The van der Waals surface area contributed by atoms with Crippen molar-refractivity contribution in [1.29, 1.82) is 0 Å². The fourth-order valence-corrected chi connectivity index (χ4v) is 2.02. The van der Waals surface area contributed by atoms with Crippen LogP contribution in [0.25, 0.3) is 0 Å². The first-order valence-electron chi connectivity index (χ1n) is 5.78. The second-order valence-corrected chi connectivity index (χ2v) is 4.66. The minimum absolute atomic E-state index is 0.0250. The topological polar surface area (TPSA) is 74.6 Å². The number of ketones is 1. The smallest absolute Gasteiger partial charge is 0.336 e. The lowest BCUT2D eigenvalue weighted by Gasteiger charge is -2.09. The summed E-state index contributed by atoms with van der Waals surface area (Å²) in [6.45, 7) is 1.58. The zero-order valence-electron chi connectivity index (χ0n) is 10.6. The van der Waals surface area contributed by atoms with Crippen LogP contribution < -0.4 is 0 Å². The number of hydrogen-bond acceptors (Lipinski definition) is 3. The first kappa shape index (κ1) is 14.1. The molecule has 0 unspecified atom stereocenters. The highest BCUT2D eigenvalue weighted by molar-refractivity contribution is 6.32. The number of phenolic OH excluding ortho intramolecular Hbond substituents is 1. The number of hydrogen-bond donors (Lipinski definition) is 2. The predicted octanol–water partition coefficient (Wildman–Crippen LogP) is 3.28. The molecule has 2 N–H and O–H groups in total. The molecular weight excluding hydrogens is 280 g/mol. The van der Waals surface area contributed by atoms with Crippen molar-refractivity contribution in [3.8, 4) is 5.75 Å². The van der Waals surface area contributed by atoms with E-state index in [0.717, 1.165) is 0 Å². The second-order valence-electron chi connectivity index (χ2n) is 4.25. The molecule has 0 saturated carbocycles. The molecule has 0 radical (unpaired) electrons. The second kappa shape index (κ2) is 5.35. The number of carboxylic acids is 1. The molecule has 2 aromatic rings. The molecular formula is C15H11ClO4. The number of phenols is 1. The summed E-state index contributed by atoms with van der Waals surface area (Å²) in [6, 6.07) is 8.73. The Labute approximate surface area is 120 Å². The van der Waals surface area contributed by atoms with E-state index < -0.39 is 11.8 Å². The van der Waals surface area contributed by atoms with Gasteiger partial charge in [0.25, 0.3) is 0 Å². The van der Waals surface area contributed by atoms with Gasteiger partial charge in [0.05, 0.1) is 11.1 Å². The van der Waals surface area contributed by atoms with Crippen molar-refractivity contribution in [3.05, 3.63) is 63.7 Å². The number of aromatic carboxylic acids is 1. The van der Waals surface area contributed by atoms with Gasteiger partial charge in [-0.2, -0.15) is 0 Å². The molecule has 20 heavy (non-hydrogen) atoms. The summed E-state index contributed by atoms with van der Waals surface area (Å²) in [6.07, 6.45) is 0. The van der Waals surface area contributed by atoms with Crippen LogP contribution in [0, 0.1) is 6.92 Å². The van der Waals surface area contributed by atoms with Gasteiger partial charge in [-0.1, -0.05) is 29.8 Å². The molecule has 0 aliphatic rings. The maximum Gasteiger partial charge on any atom is 0.336 e. The van der Waals surface area contributed by atoms with Gasteiger partial charge < -0.3 is 10.2 Å². The molecule has 0 amide bonds. The highest BCUT2D eigenvalue weighted by Crippen LogP contribution is 2.30. The molecule has 0 spiro atoms. The van der Waals surface area contributed by atoms with Gasteiger partial charge in [-0.25, -0.2) is 4.79 Å². The van der Waals surface area contributed by atoms with E-state index >= 15 is 0 Å². The Morgan fingerprint density at radius 1 is 1.00 bits per heavy atom. The van der Waals surface area contributed by atoms with Crippen molar-refractivity contribution in [2.45, 2.75) is 6.92 Å². The van der Waals surface area contributed by atoms with E-state index in [1.165, 1.54) is 30.3 Å². The highest BCUT2D eigenvalue weighted by atomic mass is 35.5. The fourth-order valence-electron chi connectivity index (χ4n) is 1.87. The van der Waals surface area contributed by atoms with Gasteiger partial charge in [-0.3, -0.25) is 4.79 Å². The Balaban J connectivity index is 2.58. The van der Waals surface area contributed by atoms with Gasteiger partial charge >= 0.3 is 5.97 Å². The summed E-state index contributed by atoms with van der Waals surface area (Å²) in [5, 5.41) is 19.4. The molecule has 5 heteroatoms. The van der Waals surface area contributed by atoms with Crippen molar-refractivity contribution in [2.24, 2.45) is 0 Å². The van der Waals surface area contributed by atoms with E-state index in [2.05, 4.69) is 0 Å². The van der Waals surface area contributed by atoms with Crippen LogP contribution in [0.5, 0.6) is 5.75 Å². The van der Waals surface area contributed by atoms with Crippen LogP contribution in [-0.2, 0) is 0 Å². The monoisotopic (exact) mass is 290 g/mol. The van der Waals surface area contributed by atoms with Crippen molar-refractivity contribution in [3.63, 3.8) is 0 Å². The van der Waals surface area contributed by atoms with Gasteiger partial charge in [-0.15, -0.1) is 0 Å². The van der Waals surface area contributed by atoms with Gasteiger partial charge in [-0.05, 0) is 25.1 Å². The molecule has 0 heterocycles. The lowest BCUT2D eigenvalue weighted by Crippen LogP contribution is -2.10. The van der Waals surface area contributed by atoms with E-state index in [9.17, 15) is 14.7 Å². The van der Waals surface area contributed by atoms with Crippen molar-refractivity contribution in [2.75, 3.05) is 0 Å². The summed E-state index contributed by atoms with van der Waals surface area (Å²) >= 11 is 5.85. The first-order valence-corrected chi connectivity index (χ1v) is 6.16. The number of rotatable bonds is 3. The third kappa shape index (κ3) is 2.38. The molecule has 0 aliphatic carbocycles. The summed E-state index contributed by atoms with van der Waals surface area (Å²) in [5.74, 6) is -1.98. The van der Waals surface area contributed by atoms with E-state index in [4.69, 9.17) is 16.7 Å². The lowest BCUT2D eigenvalue weighted by molar-refractivity contribution is 0.0692. The Morgan fingerprint density at radius 2 is 1.60 bits per heavy atom. The molecule has 0 atom stereocenters. The van der Waals surface area contributed by atoms with Crippen LogP contribution in [0.2, 0.25) is 5.02 Å². The van der Waals surface area contributed by atoms with Crippen molar-refractivity contribution >= 4 is 23.4 Å². The minimum Gasteiger partial charge on any atom is -0.507 e. The van der Waals surface area contributed by atoms with E-state index in [1.807, 2.05) is 0 Å². The number of halogens is 1. The van der Waals surface area contributed by atoms with Crippen LogP contribution in [0.4, 0.5) is 0 Å². The average Bonchev–Trinajstić information content (AvgIpc) is 2.44. The quantitative estimate of drug-likeness (QED) is 0.851. The van der Waals surface area contributed by atoms with Crippen molar-refractivity contribution < 1.29 is 19.8 Å². The van der Waals surface area contributed by atoms with Gasteiger partial charge in [0.2, 0.25) is 0 Å². The normalized spacial score (nSPS) is 10.3. The third-order valence-electron chi connectivity index (χ3n) is 3.01. The van der Waals surface area contributed by atoms with E-state index in [0.29, 0.717) is 10.6 Å². The number of aromatic hydroxyl groups is 1. The first-order chi connectivity index (χ1) is 9.43. The number of carboxylic acid groups (broad SMARTS) is 1. The standard InChI is InChI=1S/C15H11ClO4/c1-8-12(16)7-6-11(13(8)17)14(18)9-4-2-3-5-10(9)15(19)20/h2-7,17H,1H3,(H,19,20). The minimum atomic E-state index is -1.20. The van der Waals surface area contributed by atoms with Gasteiger partial charge in [0.1, 0.15) is 5.75 Å². The summed E-state index contributed by atoms with van der Waals surface area (Å²) in [7, 11) is 0. The van der Waals surface area contributed by atoms with Crippen LogP contribution in [0.15, 0.2) is 36.4 Å². The molecule has 2 rings (SSSR count). The zero-order chi connectivity index (χ0) is 14.9. The SMILES string of the molecule is Cc1c(Cl)ccc(C(=O)c2ccccc2C(=O)O)c1O. The molecule has 0 aliphatic heterocycles. The molecule has 4 nitrogen and oxygen atoms in total. The maximum absolute atomic E-state index is 12.4. The van der Waals surface area contributed by atoms with Crippen LogP contribution in [0.3, 0.4) is 0 Å². The molecule has 2 aromatic carbocycles. The Morgan fingerprint density at radius 3 is 2.20 bits per heavy atom. The van der Waals surface area contributed by atoms with Crippen LogP contribution in [-0.4, -0.2) is 22.0 Å². The summed E-state index contributed by atoms with van der Waals surface area (Å²) in [4.78, 5) is 23.5. The van der Waals surface area contributed by atoms with Gasteiger partial charge in [0, 0.05) is 16.1 Å². The molecule has 0 fully saturated rings. The molecule has 0 aromatic heterocycles. The van der Waals surface area contributed by atoms with Crippen molar-refractivity contribution in [1.82, 2.24) is 0 Å². The highest BCUT2D eigenvalue weighted by Gasteiger charge is 2.21. The fraction of sp³-hybridized carbons (Fsp3) is 0.0667.